The van der Waals surface area contributed by atoms with E-state index in [0.29, 0.717) is 32.2 Å². The molecule has 3 unspecified atom stereocenters. The summed E-state index contributed by atoms with van der Waals surface area (Å²) in [7, 11) is 0. The second-order valence-electron chi connectivity index (χ2n) is 10.3. The van der Waals surface area contributed by atoms with E-state index in [1.165, 1.54) is 4.90 Å². The summed E-state index contributed by atoms with van der Waals surface area (Å²) in [5.41, 5.74) is -1.96. The molecule has 7 atom stereocenters. The summed E-state index contributed by atoms with van der Waals surface area (Å²) in [6.07, 6.45) is 7.22. The first-order valence-corrected chi connectivity index (χ1v) is 13.0. The summed E-state index contributed by atoms with van der Waals surface area (Å²) >= 11 is 0. The molecule has 2 amide bonds. The van der Waals surface area contributed by atoms with Gasteiger partial charge in [0.15, 0.2) is 0 Å². The van der Waals surface area contributed by atoms with Crippen LogP contribution in [0.1, 0.15) is 66.2 Å². The van der Waals surface area contributed by atoms with Gasteiger partial charge in [-0.3, -0.25) is 14.4 Å². The lowest BCUT2D eigenvalue weighted by Gasteiger charge is -2.40. The van der Waals surface area contributed by atoms with E-state index in [0.717, 1.165) is 12.8 Å². The zero-order valence-corrected chi connectivity index (χ0v) is 21.7. The molecule has 0 saturated carbocycles. The Bertz CT molecular complexity index is 846. The SMILES string of the molecule is C=CCCOC(=O)[C@H]1[C@H]2C(=O)N([C@H](C)CO)C(C(=O)N(CC=C)C(C)CCC)C23CC[C@]1(CC)O3. The van der Waals surface area contributed by atoms with E-state index in [1.807, 2.05) is 13.8 Å². The monoisotopic (exact) mass is 490 g/mol. The number of aliphatic hydroxyl groups is 1. The molecule has 196 valence electrons. The van der Waals surface area contributed by atoms with Crippen molar-refractivity contribution >= 4 is 17.8 Å². The number of fused-ring (bicyclic) bond motifs is 1. The van der Waals surface area contributed by atoms with Crippen LogP contribution in [0.25, 0.3) is 0 Å². The Morgan fingerprint density at radius 2 is 2.00 bits per heavy atom. The van der Waals surface area contributed by atoms with E-state index in [4.69, 9.17) is 9.47 Å². The first-order chi connectivity index (χ1) is 16.7. The van der Waals surface area contributed by atoms with E-state index in [9.17, 15) is 19.5 Å². The van der Waals surface area contributed by atoms with Crippen molar-refractivity contribution in [3.8, 4) is 0 Å². The summed E-state index contributed by atoms with van der Waals surface area (Å²) < 4.78 is 12.3. The number of hydrogen-bond donors (Lipinski definition) is 1. The maximum absolute atomic E-state index is 14.2. The number of nitrogens with zero attached hydrogens (tertiary/aromatic N) is 2. The number of carbonyl (C=O) groups excluding carboxylic acids is 3. The molecule has 0 aromatic carbocycles. The Morgan fingerprint density at radius 1 is 1.29 bits per heavy atom. The normalized spacial score (nSPS) is 32.8. The molecule has 3 fully saturated rings. The van der Waals surface area contributed by atoms with Crippen molar-refractivity contribution in [1.29, 1.82) is 0 Å². The van der Waals surface area contributed by atoms with Crippen LogP contribution in [0.2, 0.25) is 0 Å². The molecule has 0 aromatic heterocycles. The summed E-state index contributed by atoms with van der Waals surface area (Å²) in [6.45, 7) is 15.5. The molecule has 0 aromatic rings. The second-order valence-corrected chi connectivity index (χ2v) is 10.3. The van der Waals surface area contributed by atoms with Gasteiger partial charge >= 0.3 is 5.97 Å². The number of likely N-dealkylation sites (tertiary alicyclic amines) is 1. The molecular formula is C27H42N2O6. The van der Waals surface area contributed by atoms with Crippen LogP contribution in [0.5, 0.6) is 0 Å². The number of amides is 2. The summed E-state index contributed by atoms with van der Waals surface area (Å²) in [5, 5.41) is 10.0. The highest BCUT2D eigenvalue weighted by molar-refractivity contribution is 5.98. The van der Waals surface area contributed by atoms with Gasteiger partial charge in [-0.05, 0) is 46.0 Å². The van der Waals surface area contributed by atoms with Crippen LogP contribution >= 0.6 is 0 Å². The molecule has 3 heterocycles. The van der Waals surface area contributed by atoms with Crippen LogP contribution < -0.4 is 0 Å². The van der Waals surface area contributed by atoms with Gasteiger partial charge in [0.05, 0.1) is 30.8 Å². The van der Waals surface area contributed by atoms with Gasteiger partial charge in [0.1, 0.15) is 17.6 Å². The average Bonchev–Trinajstić information content (AvgIpc) is 3.45. The number of esters is 1. The number of hydrogen-bond acceptors (Lipinski definition) is 6. The number of ether oxygens (including phenoxy) is 2. The molecule has 3 rings (SSSR count). The Balaban J connectivity index is 2.08. The summed E-state index contributed by atoms with van der Waals surface area (Å²) in [4.78, 5) is 44.8. The van der Waals surface area contributed by atoms with Crippen LogP contribution in [0.15, 0.2) is 25.3 Å². The predicted octanol–water partition coefficient (Wildman–Crippen LogP) is 2.84. The molecule has 3 saturated heterocycles. The largest absolute Gasteiger partial charge is 0.465 e. The van der Waals surface area contributed by atoms with Gasteiger partial charge < -0.3 is 24.4 Å². The molecule has 3 aliphatic rings. The summed E-state index contributed by atoms with van der Waals surface area (Å²) in [6, 6.07) is -1.57. The van der Waals surface area contributed by atoms with Crippen LogP contribution in [0.3, 0.4) is 0 Å². The smallest absolute Gasteiger partial charge is 0.312 e. The van der Waals surface area contributed by atoms with Gasteiger partial charge in [-0.25, -0.2) is 0 Å². The molecule has 8 nitrogen and oxygen atoms in total. The van der Waals surface area contributed by atoms with Crippen molar-refractivity contribution < 1.29 is 29.0 Å². The molecule has 1 spiro atoms. The Hall–Kier alpha value is -2.19. The van der Waals surface area contributed by atoms with Crippen molar-refractivity contribution in [2.45, 2.75) is 95.5 Å². The van der Waals surface area contributed by atoms with Gasteiger partial charge in [-0.2, -0.15) is 0 Å². The van der Waals surface area contributed by atoms with E-state index >= 15 is 0 Å². The molecular weight excluding hydrogens is 448 g/mol. The third kappa shape index (κ3) is 4.33. The maximum Gasteiger partial charge on any atom is 0.312 e. The third-order valence-electron chi connectivity index (χ3n) is 8.26. The lowest BCUT2D eigenvalue weighted by atomic mass is 9.65. The van der Waals surface area contributed by atoms with E-state index in [2.05, 4.69) is 20.1 Å². The number of carbonyl (C=O) groups is 3. The minimum Gasteiger partial charge on any atom is -0.465 e. The molecule has 2 bridgehead atoms. The molecule has 8 heteroatoms. The minimum atomic E-state index is -1.12. The minimum absolute atomic E-state index is 0.0549. The molecule has 0 aliphatic carbocycles. The standard InChI is InChI=1S/C27H42N2O6/c1-7-11-16-34-25(33)21-20-23(31)29(19(6)17-30)22(27(20)14-13-26(21,10-4)35-27)24(32)28(15-9-3)18(5)12-8-2/h7,9,18-22,30H,1,3,8,10-17H2,2,4-6H3/t18?,19-,20+,21-,22?,26+,27?/m1/s1. The Morgan fingerprint density at radius 3 is 2.57 bits per heavy atom. The highest BCUT2D eigenvalue weighted by Crippen LogP contribution is 2.64. The van der Waals surface area contributed by atoms with Crippen molar-refractivity contribution in [1.82, 2.24) is 9.80 Å². The van der Waals surface area contributed by atoms with E-state index in [-0.39, 0.29) is 31.1 Å². The fourth-order valence-corrected chi connectivity index (χ4v) is 6.55. The van der Waals surface area contributed by atoms with Crippen molar-refractivity contribution in [3.05, 3.63) is 25.3 Å². The van der Waals surface area contributed by atoms with Crippen LogP contribution in [-0.4, -0.2) is 81.8 Å². The third-order valence-corrected chi connectivity index (χ3v) is 8.26. The first-order valence-electron chi connectivity index (χ1n) is 13.0. The van der Waals surface area contributed by atoms with Gasteiger partial charge in [0, 0.05) is 12.6 Å². The Kier molecular flexibility index (Phi) is 8.48. The Labute approximate surface area is 209 Å². The zero-order chi connectivity index (χ0) is 26.0. The average molecular weight is 491 g/mol. The van der Waals surface area contributed by atoms with Crippen molar-refractivity contribution in [3.63, 3.8) is 0 Å². The molecule has 3 aliphatic heterocycles. The first kappa shape index (κ1) is 27.4. The fraction of sp³-hybridized carbons (Fsp3) is 0.741. The van der Waals surface area contributed by atoms with E-state index < -0.39 is 41.1 Å². The van der Waals surface area contributed by atoms with Crippen LogP contribution in [0, 0.1) is 11.8 Å². The lowest BCUT2D eigenvalue weighted by molar-refractivity contribution is -0.163. The predicted molar refractivity (Wildman–Crippen MR) is 132 cm³/mol. The van der Waals surface area contributed by atoms with Crippen LogP contribution in [0.4, 0.5) is 0 Å². The van der Waals surface area contributed by atoms with E-state index in [1.54, 1.807) is 24.0 Å². The molecule has 1 N–H and O–H groups in total. The fourth-order valence-electron chi connectivity index (χ4n) is 6.55. The van der Waals surface area contributed by atoms with Gasteiger partial charge in [-0.15, -0.1) is 13.2 Å². The molecule has 0 radical (unpaired) electrons. The highest BCUT2D eigenvalue weighted by atomic mass is 16.6. The van der Waals surface area contributed by atoms with Crippen LogP contribution in [-0.2, 0) is 23.9 Å². The lowest BCUT2D eigenvalue weighted by Crippen LogP contribution is -2.59. The van der Waals surface area contributed by atoms with Crippen molar-refractivity contribution in [2.24, 2.45) is 11.8 Å². The maximum atomic E-state index is 14.2. The van der Waals surface area contributed by atoms with Gasteiger partial charge in [0.25, 0.3) is 0 Å². The highest BCUT2D eigenvalue weighted by Gasteiger charge is 2.79. The summed E-state index contributed by atoms with van der Waals surface area (Å²) in [5.74, 6) is -2.59. The quantitative estimate of drug-likeness (QED) is 0.242. The second kappa shape index (κ2) is 10.8. The zero-order valence-electron chi connectivity index (χ0n) is 21.7. The number of rotatable bonds is 13. The number of aliphatic hydroxyl groups excluding tert-OH is 1. The van der Waals surface area contributed by atoms with Gasteiger partial charge in [-0.1, -0.05) is 32.4 Å². The van der Waals surface area contributed by atoms with Gasteiger partial charge in [0.2, 0.25) is 11.8 Å². The topological polar surface area (TPSA) is 96.4 Å². The van der Waals surface area contributed by atoms with Crippen molar-refractivity contribution in [2.75, 3.05) is 19.8 Å². The molecule has 35 heavy (non-hydrogen) atoms.